The van der Waals surface area contributed by atoms with Crippen LogP contribution in [-0.2, 0) is 0 Å². The molecule has 0 aliphatic rings. The molecule has 2 heteroatoms. The van der Waals surface area contributed by atoms with Crippen molar-refractivity contribution in [2.45, 2.75) is 0 Å². The zero-order valence-electron chi connectivity index (χ0n) is 21.1. The van der Waals surface area contributed by atoms with Crippen molar-refractivity contribution in [3.63, 3.8) is 0 Å². The average molecular weight is 495 g/mol. The molecule has 0 aliphatic heterocycles. The molecule has 0 atom stereocenters. The highest BCUT2D eigenvalue weighted by atomic mass is 15.0. The van der Waals surface area contributed by atoms with Crippen LogP contribution in [0.2, 0.25) is 0 Å². The first-order chi connectivity index (χ1) is 19.3. The van der Waals surface area contributed by atoms with Crippen LogP contribution in [0.3, 0.4) is 0 Å². The third-order valence-corrected chi connectivity index (χ3v) is 7.98. The Labute approximate surface area is 225 Å². The van der Waals surface area contributed by atoms with Crippen LogP contribution in [0.25, 0.3) is 70.9 Å². The average Bonchev–Trinajstić information content (AvgIpc) is 3.34. The molecule has 2 nitrogen and oxygen atoms in total. The molecule has 0 amide bonds. The second kappa shape index (κ2) is 8.31. The molecule has 8 aromatic rings. The Morgan fingerprint density at radius 3 is 1.72 bits per heavy atom. The summed E-state index contributed by atoms with van der Waals surface area (Å²) in [6.07, 6.45) is 0. The maximum absolute atomic E-state index is 9.50. The van der Waals surface area contributed by atoms with Crippen LogP contribution in [0.15, 0.2) is 133 Å². The van der Waals surface area contributed by atoms with Crippen molar-refractivity contribution in [3.8, 4) is 22.9 Å². The van der Waals surface area contributed by atoms with Crippen molar-refractivity contribution < 1.29 is 0 Å². The monoisotopic (exact) mass is 494 g/mol. The molecule has 0 aliphatic carbocycles. The Morgan fingerprint density at radius 1 is 0.410 bits per heavy atom. The van der Waals surface area contributed by atoms with Crippen LogP contribution in [-0.4, -0.2) is 4.57 Å². The van der Waals surface area contributed by atoms with Gasteiger partial charge < -0.3 is 4.57 Å². The van der Waals surface area contributed by atoms with E-state index < -0.39 is 0 Å². The van der Waals surface area contributed by atoms with E-state index in [0.29, 0.717) is 5.56 Å². The van der Waals surface area contributed by atoms with Crippen molar-refractivity contribution in [1.82, 2.24) is 4.57 Å². The zero-order valence-corrected chi connectivity index (χ0v) is 21.1. The number of fused-ring (bicyclic) bond motifs is 9. The molecule has 0 spiro atoms. The minimum absolute atomic E-state index is 0.676. The van der Waals surface area contributed by atoms with Gasteiger partial charge in [-0.3, -0.25) is 0 Å². The van der Waals surface area contributed by atoms with Crippen molar-refractivity contribution in [1.29, 1.82) is 5.26 Å². The number of nitrogens with zero attached hydrogens (tertiary/aromatic N) is 2. The van der Waals surface area contributed by atoms with Crippen molar-refractivity contribution in [2.75, 3.05) is 0 Å². The number of para-hydroxylation sites is 1. The van der Waals surface area contributed by atoms with Gasteiger partial charge in [-0.2, -0.15) is 5.26 Å². The van der Waals surface area contributed by atoms with Gasteiger partial charge in [0.1, 0.15) is 0 Å². The molecule has 0 N–H and O–H groups in total. The van der Waals surface area contributed by atoms with Crippen LogP contribution >= 0.6 is 0 Å². The quantitative estimate of drug-likeness (QED) is 0.220. The minimum Gasteiger partial charge on any atom is -0.309 e. The summed E-state index contributed by atoms with van der Waals surface area (Å²) in [6, 6.07) is 49.7. The number of hydrogen-bond donors (Lipinski definition) is 0. The molecule has 0 unspecified atom stereocenters. The lowest BCUT2D eigenvalue weighted by atomic mass is 9.92. The van der Waals surface area contributed by atoms with Crippen LogP contribution in [0.1, 0.15) is 5.56 Å². The molecule has 0 saturated carbocycles. The fraction of sp³-hybridized carbons (Fsp3) is 0. The highest BCUT2D eigenvalue weighted by Gasteiger charge is 2.14. The van der Waals surface area contributed by atoms with Gasteiger partial charge in [0.2, 0.25) is 0 Å². The van der Waals surface area contributed by atoms with E-state index >= 15 is 0 Å². The normalized spacial score (nSPS) is 11.6. The molecule has 0 saturated heterocycles. The second-order valence-electron chi connectivity index (χ2n) is 10.1. The predicted octanol–water partition coefficient (Wildman–Crippen LogP) is 9.78. The molecule has 8 rings (SSSR count). The summed E-state index contributed by atoms with van der Waals surface area (Å²) in [7, 11) is 0. The Hall–Kier alpha value is -5.39. The lowest BCUT2D eigenvalue weighted by Crippen LogP contribution is -1.94. The number of hydrogen-bond acceptors (Lipinski definition) is 1. The van der Waals surface area contributed by atoms with Gasteiger partial charge >= 0.3 is 0 Å². The molecule has 180 valence electrons. The molecule has 1 aromatic heterocycles. The summed E-state index contributed by atoms with van der Waals surface area (Å²) in [4.78, 5) is 0. The molecular weight excluding hydrogens is 472 g/mol. The molecular formula is C37H22N2. The van der Waals surface area contributed by atoms with Crippen LogP contribution in [0.4, 0.5) is 0 Å². The Bertz CT molecular complexity index is 2260. The first-order valence-electron chi connectivity index (χ1n) is 13.2. The molecule has 1 heterocycles. The summed E-state index contributed by atoms with van der Waals surface area (Å²) in [5.41, 5.74) is 6.38. The van der Waals surface area contributed by atoms with E-state index in [1.165, 1.54) is 43.4 Å². The molecule has 39 heavy (non-hydrogen) atoms. The highest BCUT2D eigenvalue weighted by Crippen LogP contribution is 2.38. The lowest BCUT2D eigenvalue weighted by molar-refractivity contribution is 1.18. The van der Waals surface area contributed by atoms with E-state index in [1.54, 1.807) is 0 Å². The standard InChI is InChI=1S/C37H22N2/c38-23-24-16-19-37-35(20-24)33-14-5-6-15-36(33)39(37)27-9-7-8-25(21-27)26-17-18-32-30-12-2-1-10-28(30)29-11-3-4-13-31(29)34(32)22-26/h1-22H. The summed E-state index contributed by atoms with van der Waals surface area (Å²) in [6.45, 7) is 0. The summed E-state index contributed by atoms with van der Waals surface area (Å²) in [5, 5.41) is 19.4. The smallest absolute Gasteiger partial charge is 0.0991 e. The van der Waals surface area contributed by atoms with Crippen molar-refractivity contribution >= 4 is 54.1 Å². The van der Waals surface area contributed by atoms with Crippen molar-refractivity contribution in [2.24, 2.45) is 0 Å². The van der Waals surface area contributed by atoms with Gasteiger partial charge in [0.05, 0.1) is 22.7 Å². The summed E-state index contributed by atoms with van der Waals surface area (Å²) < 4.78 is 2.30. The SMILES string of the molecule is N#Cc1ccc2c(c1)c1ccccc1n2-c1cccc(-c2ccc3c4ccccc4c4ccccc4c3c2)c1. The predicted molar refractivity (Wildman–Crippen MR) is 163 cm³/mol. The van der Waals surface area contributed by atoms with E-state index in [-0.39, 0.29) is 0 Å². The van der Waals surface area contributed by atoms with Crippen LogP contribution in [0, 0.1) is 11.3 Å². The zero-order chi connectivity index (χ0) is 25.9. The maximum atomic E-state index is 9.50. The molecule has 0 radical (unpaired) electrons. The Morgan fingerprint density at radius 2 is 1.00 bits per heavy atom. The van der Waals surface area contributed by atoms with Gasteiger partial charge in [-0.05, 0) is 85.9 Å². The number of aromatic nitrogens is 1. The van der Waals surface area contributed by atoms with E-state index in [0.717, 1.165) is 27.5 Å². The highest BCUT2D eigenvalue weighted by molar-refractivity contribution is 6.25. The molecule has 0 bridgehead atoms. The minimum atomic E-state index is 0.676. The Kier molecular flexibility index (Phi) is 4.62. The third kappa shape index (κ3) is 3.21. The Balaban J connectivity index is 1.37. The summed E-state index contributed by atoms with van der Waals surface area (Å²) >= 11 is 0. The molecule has 7 aromatic carbocycles. The fourth-order valence-corrected chi connectivity index (χ4v) is 6.23. The summed E-state index contributed by atoms with van der Waals surface area (Å²) in [5.74, 6) is 0. The first kappa shape index (κ1) is 21.7. The second-order valence-corrected chi connectivity index (χ2v) is 10.1. The number of rotatable bonds is 2. The lowest BCUT2D eigenvalue weighted by Gasteiger charge is -2.13. The van der Waals surface area contributed by atoms with Gasteiger partial charge in [-0.1, -0.05) is 91.0 Å². The van der Waals surface area contributed by atoms with Gasteiger partial charge in [-0.25, -0.2) is 0 Å². The maximum Gasteiger partial charge on any atom is 0.0991 e. The van der Waals surface area contributed by atoms with Crippen molar-refractivity contribution in [3.05, 3.63) is 139 Å². The van der Waals surface area contributed by atoms with Crippen LogP contribution < -0.4 is 0 Å². The van der Waals surface area contributed by atoms with Gasteiger partial charge in [0, 0.05) is 16.5 Å². The largest absolute Gasteiger partial charge is 0.309 e. The van der Waals surface area contributed by atoms with E-state index in [4.69, 9.17) is 0 Å². The van der Waals surface area contributed by atoms with Gasteiger partial charge in [0.15, 0.2) is 0 Å². The van der Waals surface area contributed by atoms with E-state index in [1.807, 2.05) is 12.1 Å². The van der Waals surface area contributed by atoms with Gasteiger partial charge in [-0.15, -0.1) is 0 Å². The topological polar surface area (TPSA) is 28.7 Å². The fourth-order valence-electron chi connectivity index (χ4n) is 6.23. The van der Waals surface area contributed by atoms with E-state index in [9.17, 15) is 5.26 Å². The number of nitriles is 1. The molecule has 0 fully saturated rings. The first-order valence-corrected chi connectivity index (χ1v) is 13.2. The van der Waals surface area contributed by atoms with Crippen LogP contribution in [0.5, 0.6) is 0 Å². The van der Waals surface area contributed by atoms with Gasteiger partial charge in [0.25, 0.3) is 0 Å². The third-order valence-electron chi connectivity index (χ3n) is 7.98. The van der Waals surface area contributed by atoms with E-state index in [2.05, 4.69) is 132 Å². The number of benzene rings is 7.